The molecule has 0 aromatic heterocycles. The number of likely N-dealkylation sites (tertiary alicyclic amines) is 2. The number of fused-ring (bicyclic) bond motifs is 2. The molecule has 2 saturated heterocycles. The van der Waals surface area contributed by atoms with Crippen LogP contribution in [0.2, 0.25) is 0 Å². The molecular weight excluding hydrogens is 1130 g/mol. The topological polar surface area (TPSA) is 231 Å². The quantitative estimate of drug-likeness (QED) is 0.0359. The van der Waals surface area contributed by atoms with Crippen molar-refractivity contribution >= 4 is 31.9 Å². The van der Waals surface area contributed by atoms with Crippen LogP contribution in [0, 0.1) is 0 Å². The molecule has 2 heterocycles. The van der Waals surface area contributed by atoms with Gasteiger partial charge in [-0.25, -0.2) is 26.3 Å². The summed E-state index contributed by atoms with van der Waals surface area (Å²) in [5.74, 6) is 1.15. The fourth-order valence-electron chi connectivity index (χ4n) is 11.4. The minimum Gasteiger partial charge on any atom is -0.484 e. The van der Waals surface area contributed by atoms with Gasteiger partial charge in [0.25, 0.3) is 0 Å². The number of rotatable bonds is 40. The Kier molecular flexibility index (Phi) is 27.6. The van der Waals surface area contributed by atoms with Gasteiger partial charge < -0.3 is 48.5 Å². The van der Waals surface area contributed by atoms with Gasteiger partial charge in [0.05, 0.1) is 101 Å². The van der Waals surface area contributed by atoms with Gasteiger partial charge in [-0.15, -0.1) is 0 Å². The number of carbonyl (C=O) groups excluding carboxylic acids is 2. The van der Waals surface area contributed by atoms with Gasteiger partial charge in [0, 0.05) is 39.0 Å². The highest BCUT2D eigenvalue weighted by Crippen LogP contribution is 2.41. The second-order valence-corrected chi connectivity index (χ2v) is 25.4. The largest absolute Gasteiger partial charge is 0.484 e. The summed E-state index contributed by atoms with van der Waals surface area (Å²) in [5.41, 5.74) is 5.04. The number of carbonyl (C=O) groups is 2. The summed E-state index contributed by atoms with van der Waals surface area (Å²) in [6, 6.07) is 30.6. The summed E-state index contributed by atoms with van der Waals surface area (Å²) in [4.78, 5) is 29.9. The Morgan fingerprint density at radius 3 is 1.13 bits per heavy atom. The minimum absolute atomic E-state index is 0.0652. The Labute approximate surface area is 503 Å². The molecule has 85 heavy (non-hydrogen) atoms. The summed E-state index contributed by atoms with van der Waals surface area (Å²) in [6.07, 6.45) is 11.9. The van der Waals surface area contributed by atoms with E-state index in [4.69, 9.17) is 37.9 Å². The number of amides is 2. The average molecular weight is 1220 g/mol. The molecule has 0 spiro atoms. The van der Waals surface area contributed by atoms with Crippen molar-refractivity contribution in [1.82, 2.24) is 29.9 Å². The molecule has 0 unspecified atom stereocenters. The van der Waals surface area contributed by atoms with Crippen LogP contribution < -0.4 is 29.6 Å². The maximum atomic E-state index is 13.0. The molecule has 20 nitrogen and oxygen atoms in total. The first-order chi connectivity index (χ1) is 41.5. The van der Waals surface area contributed by atoms with E-state index >= 15 is 0 Å². The highest BCUT2D eigenvalue weighted by molar-refractivity contribution is 7.89. The minimum atomic E-state index is -3.73. The standard InChI is InChI=1S/C63H90N6O14S2/c70-60(64-28-36-76-40-44-80-46-42-78-38-30-66-84(72,73)54-24-20-52(21-25-54)82-62-56-16-8-6-14-50(56)48-58(62)68-32-10-2-11-33-68)18-4-1-5-19-61(71)65-29-37-77-41-45-81-47-43-79-39-31-67-85(74,75)55-26-22-53(23-27-55)83-63-57-17-9-7-15-51(57)49-59(63)69-34-12-3-13-35-69/h6-9,14-17,20-27,58-59,62-63,66-67H,1-5,10-13,18-19,28-49H2,(H,64,70)(H,65,71)/t58-,59-,62-,63-/m0/s1. The third kappa shape index (κ3) is 21.6. The molecule has 4 aromatic rings. The van der Waals surface area contributed by atoms with E-state index in [1.54, 1.807) is 48.5 Å². The molecule has 4 aromatic carbocycles. The fraction of sp³-hybridized carbons (Fsp3) is 0.587. The average Bonchev–Trinajstić information content (AvgIpc) is 3.56. The highest BCUT2D eigenvalue weighted by atomic mass is 32.2. The van der Waals surface area contributed by atoms with Gasteiger partial charge in [-0.1, -0.05) is 67.8 Å². The number of nitrogens with one attached hydrogen (secondary N) is 4. The Hall–Kier alpha value is -5.08. The molecule has 0 radical (unpaired) electrons. The molecule has 4 aliphatic rings. The smallest absolute Gasteiger partial charge is 0.240 e. The Morgan fingerprint density at radius 1 is 0.412 bits per heavy atom. The van der Waals surface area contributed by atoms with Crippen LogP contribution in [0.4, 0.5) is 0 Å². The van der Waals surface area contributed by atoms with Crippen molar-refractivity contribution in [3.63, 3.8) is 0 Å². The molecule has 4 N–H and O–H groups in total. The molecule has 0 bridgehead atoms. The first-order valence-electron chi connectivity index (χ1n) is 30.7. The summed E-state index contributed by atoms with van der Waals surface area (Å²) >= 11 is 0. The molecule has 22 heteroatoms. The number of hydrogen-bond acceptors (Lipinski definition) is 16. The predicted octanol–water partition coefficient (Wildman–Crippen LogP) is 6.29. The SMILES string of the molecule is O=C(CCCCCC(=O)NCCOCCOCCOCCNS(=O)(=O)c1ccc(O[C@H]2c3ccccc3C[C@@H]2N2CCCCC2)cc1)NCCOCCOCCOCCNS(=O)(=O)c1ccc(O[C@H]2c3ccccc3C[C@@H]2N2CCCCC2)cc1. The molecule has 4 atom stereocenters. The lowest BCUT2D eigenvalue weighted by Crippen LogP contribution is -2.43. The zero-order chi connectivity index (χ0) is 59.4. The van der Waals surface area contributed by atoms with Gasteiger partial charge in [0.2, 0.25) is 31.9 Å². The summed E-state index contributed by atoms with van der Waals surface area (Å²) in [6.45, 7) is 9.07. The number of sulfonamides is 2. The third-order valence-electron chi connectivity index (χ3n) is 15.8. The predicted molar refractivity (Wildman–Crippen MR) is 323 cm³/mol. The lowest BCUT2D eigenvalue weighted by atomic mass is 10.0. The monoisotopic (exact) mass is 1220 g/mol. The van der Waals surface area contributed by atoms with Crippen molar-refractivity contribution in [2.75, 3.05) is 132 Å². The first-order valence-corrected chi connectivity index (χ1v) is 33.7. The van der Waals surface area contributed by atoms with Gasteiger partial charge in [-0.2, -0.15) is 0 Å². The summed E-state index contributed by atoms with van der Waals surface area (Å²) in [5, 5.41) is 5.69. The van der Waals surface area contributed by atoms with Crippen LogP contribution in [0.3, 0.4) is 0 Å². The fourth-order valence-corrected chi connectivity index (χ4v) is 13.4. The van der Waals surface area contributed by atoms with E-state index in [0.717, 1.165) is 45.4 Å². The van der Waals surface area contributed by atoms with E-state index in [2.05, 4.69) is 78.4 Å². The molecule has 0 saturated carbocycles. The van der Waals surface area contributed by atoms with E-state index < -0.39 is 20.0 Å². The van der Waals surface area contributed by atoms with Crippen molar-refractivity contribution < 1.29 is 64.3 Å². The highest BCUT2D eigenvalue weighted by Gasteiger charge is 2.40. The molecule has 8 rings (SSSR count). The number of hydrogen-bond donors (Lipinski definition) is 4. The molecular formula is C63H90N6O14S2. The Balaban J connectivity index is 0.539. The van der Waals surface area contributed by atoms with Crippen LogP contribution in [0.15, 0.2) is 107 Å². The number of ether oxygens (including phenoxy) is 8. The Morgan fingerprint density at radius 2 is 0.753 bits per heavy atom. The Bertz CT molecular complexity index is 2650. The molecule has 2 amide bonds. The molecule has 2 aliphatic carbocycles. The van der Waals surface area contributed by atoms with Crippen molar-refractivity contribution in [2.24, 2.45) is 0 Å². The zero-order valence-electron chi connectivity index (χ0n) is 49.3. The second-order valence-electron chi connectivity index (χ2n) is 21.9. The van der Waals surface area contributed by atoms with Crippen molar-refractivity contribution in [3.05, 3.63) is 119 Å². The number of piperidine rings is 2. The van der Waals surface area contributed by atoms with Gasteiger partial charge in [-0.3, -0.25) is 19.4 Å². The number of nitrogens with zero attached hydrogens (tertiary/aromatic N) is 2. The van der Waals surface area contributed by atoms with Crippen LogP contribution in [-0.4, -0.2) is 182 Å². The van der Waals surface area contributed by atoms with Gasteiger partial charge >= 0.3 is 0 Å². The van der Waals surface area contributed by atoms with Crippen LogP contribution >= 0.6 is 0 Å². The van der Waals surface area contributed by atoms with Crippen molar-refractivity contribution in [2.45, 2.75) is 118 Å². The molecule has 2 aliphatic heterocycles. The number of benzene rings is 4. The summed E-state index contributed by atoms with van der Waals surface area (Å²) in [7, 11) is -7.46. The van der Waals surface area contributed by atoms with Crippen LogP contribution in [0.5, 0.6) is 11.5 Å². The van der Waals surface area contributed by atoms with E-state index in [1.165, 1.54) is 60.8 Å². The lowest BCUT2D eigenvalue weighted by molar-refractivity contribution is -0.121. The van der Waals surface area contributed by atoms with Gasteiger partial charge in [0.15, 0.2) is 0 Å². The maximum absolute atomic E-state index is 13.0. The van der Waals surface area contributed by atoms with Gasteiger partial charge in [-0.05, 0) is 148 Å². The van der Waals surface area contributed by atoms with Crippen molar-refractivity contribution in [1.29, 1.82) is 0 Å². The van der Waals surface area contributed by atoms with Crippen LogP contribution in [0.25, 0.3) is 0 Å². The van der Waals surface area contributed by atoms with E-state index in [-0.39, 0.29) is 72.2 Å². The lowest BCUT2D eigenvalue weighted by Gasteiger charge is -2.35. The molecule has 2 fully saturated rings. The maximum Gasteiger partial charge on any atom is 0.240 e. The van der Waals surface area contributed by atoms with Gasteiger partial charge in [0.1, 0.15) is 23.7 Å². The van der Waals surface area contributed by atoms with Crippen molar-refractivity contribution in [3.8, 4) is 11.5 Å². The number of unbranched alkanes of at least 4 members (excludes halogenated alkanes) is 2. The zero-order valence-corrected chi connectivity index (χ0v) is 50.9. The second kappa shape index (κ2) is 35.7. The van der Waals surface area contributed by atoms with E-state index in [0.29, 0.717) is 116 Å². The van der Waals surface area contributed by atoms with E-state index in [9.17, 15) is 26.4 Å². The summed E-state index contributed by atoms with van der Waals surface area (Å²) < 4.78 is 103. The first kappa shape index (κ1) is 65.9. The van der Waals surface area contributed by atoms with Crippen LogP contribution in [-0.2, 0) is 70.9 Å². The van der Waals surface area contributed by atoms with E-state index in [1.807, 2.05) is 0 Å². The normalized spacial score (nSPS) is 19.1. The van der Waals surface area contributed by atoms with Crippen LogP contribution in [0.1, 0.15) is 105 Å². The molecule has 468 valence electrons. The third-order valence-corrected chi connectivity index (χ3v) is 18.8.